The van der Waals surface area contributed by atoms with Crippen molar-refractivity contribution in [3.63, 3.8) is 0 Å². The molecule has 3 aromatic carbocycles. The number of nitro benzene ring substituents is 1. The molecule has 0 aliphatic heterocycles. The van der Waals surface area contributed by atoms with E-state index >= 15 is 0 Å². The SMILES string of the molecule is Cc1ccc(C)c(NC(=O)c2ccccc2C(=O)c2ccc(N(C)C)c([N+](=O)[O-])c2)c1. The summed E-state index contributed by atoms with van der Waals surface area (Å²) >= 11 is 0. The number of nitro groups is 1. The summed E-state index contributed by atoms with van der Waals surface area (Å²) in [5, 5.41) is 14.3. The lowest BCUT2D eigenvalue weighted by molar-refractivity contribution is -0.384. The highest BCUT2D eigenvalue weighted by Crippen LogP contribution is 2.29. The molecule has 0 saturated carbocycles. The molecule has 0 bridgehead atoms. The molecule has 0 aliphatic rings. The second kappa shape index (κ2) is 8.79. The fraction of sp³-hybridized carbons (Fsp3) is 0.167. The number of anilines is 2. The second-order valence-corrected chi connectivity index (χ2v) is 7.50. The van der Waals surface area contributed by atoms with Gasteiger partial charge in [0.2, 0.25) is 0 Å². The van der Waals surface area contributed by atoms with Crippen LogP contribution in [0.2, 0.25) is 0 Å². The van der Waals surface area contributed by atoms with Crippen LogP contribution in [0.3, 0.4) is 0 Å². The Balaban J connectivity index is 1.99. The predicted octanol–water partition coefficient (Wildman–Crippen LogP) is 4.76. The molecule has 7 heteroatoms. The highest BCUT2D eigenvalue weighted by Gasteiger charge is 2.23. The van der Waals surface area contributed by atoms with Crippen molar-refractivity contribution in [2.45, 2.75) is 13.8 Å². The standard InChI is InChI=1S/C24H23N3O4/c1-15-9-10-16(2)20(13-15)25-24(29)19-8-6-5-7-18(19)23(28)17-11-12-21(26(3)4)22(14-17)27(30)31/h5-14H,1-4H3,(H,25,29). The van der Waals surface area contributed by atoms with Crippen LogP contribution in [0.15, 0.2) is 60.7 Å². The van der Waals surface area contributed by atoms with Gasteiger partial charge in [0.05, 0.1) is 10.5 Å². The quantitative estimate of drug-likeness (QED) is 0.355. The van der Waals surface area contributed by atoms with Crippen molar-refractivity contribution >= 4 is 28.8 Å². The van der Waals surface area contributed by atoms with Gasteiger partial charge in [-0.25, -0.2) is 0 Å². The molecule has 0 atom stereocenters. The molecule has 3 aromatic rings. The van der Waals surface area contributed by atoms with E-state index in [9.17, 15) is 19.7 Å². The number of rotatable bonds is 6. The molecule has 7 nitrogen and oxygen atoms in total. The molecule has 31 heavy (non-hydrogen) atoms. The van der Waals surface area contributed by atoms with E-state index in [2.05, 4.69) is 5.32 Å². The van der Waals surface area contributed by atoms with Crippen molar-refractivity contribution in [1.82, 2.24) is 0 Å². The fourth-order valence-corrected chi connectivity index (χ4v) is 3.28. The van der Waals surface area contributed by atoms with Crippen LogP contribution in [-0.2, 0) is 0 Å². The molecular weight excluding hydrogens is 394 g/mol. The van der Waals surface area contributed by atoms with Gasteiger partial charge in [-0.1, -0.05) is 30.3 Å². The van der Waals surface area contributed by atoms with Gasteiger partial charge < -0.3 is 10.2 Å². The molecule has 1 N–H and O–H groups in total. The largest absolute Gasteiger partial charge is 0.372 e. The summed E-state index contributed by atoms with van der Waals surface area (Å²) in [6.07, 6.45) is 0. The van der Waals surface area contributed by atoms with E-state index in [1.807, 2.05) is 32.0 Å². The van der Waals surface area contributed by atoms with Gasteiger partial charge >= 0.3 is 0 Å². The third kappa shape index (κ3) is 4.61. The first kappa shape index (κ1) is 21.7. The zero-order chi connectivity index (χ0) is 22.7. The Morgan fingerprint density at radius 3 is 2.26 bits per heavy atom. The molecule has 0 radical (unpaired) electrons. The molecule has 0 spiro atoms. The van der Waals surface area contributed by atoms with Crippen molar-refractivity contribution in [1.29, 1.82) is 0 Å². The number of nitrogens with zero attached hydrogens (tertiary/aromatic N) is 2. The molecule has 0 fully saturated rings. The van der Waals surface area contributed by atoms with Crippen molar-refractivity contribution in [3.8, 4) is 0 Å². The van der Waals surface area contributed by atoms with E-state index < -0.39 is 16.6 Å². The van der Waals surface area contributed by atoms with Gasteiger partial charge in [-0.15, -0.1) is 0 Å². The number of carbonyl (C=O) groups excluding carboxylic acids is 2. The topological polar surface area (TPSA) is 92.6 Å². The third-order valence-corrected chi connectivity index (χ3v) is 4.97. The minimum absolute atomic E-state index is 0.143. The minimum atomic E-state index is -0.523. The van der Waals surface area contributed by atoms with Crippen LogP contribution in [0.4, 0.5) is 17.1 Å². The first-order valence-electron chi connectivity index (χ1n) is 9.67. The van der Waals surface area contributed by atoms with E-state index in [1.165, 1.54) is 18.2 Å². The molecule has 0 heterocycles. The summed E-state index contributed by atoms with van der Waals surface area (Å²) in [4.78, 5) is 38.7. The summed E-state index contributed by atoms with van der Waals surface area (Å²) in [6.45, 7) is 3.81. The van der Waals surface area contributed by atoms with Crippen LogP contribution in [0.1, 0.15) is 37.4 Å². The van der Waals surface area contributed by atoms with Crippen molar-refractivity contribution in [2.75, 3.05) is 24.3 Å². The van der Waals surface area contributed by atoms with Gasteiger partial charge in [0.25, 0.3) is 11.6 Å². The van der Waals surface area contributed by atoms with Gasteiger partial charge in [-0.2, -0.15) is 0 Å². The van der Waals surface area contributed by atoms with Crippen LogP contribution < -0.4 is 10.2 Å². The zero-order valence-electron chi connectivity index (χ0n) is 17.8. The highest BCUT2D eigenvalue weighted by molar-refractivity contribution is 6.18. The number of benzene rings is 3. The third-order valence-electron chi connectivity index (χ3n) is 4.97. The van der Waals surface area contributed by atoms with Crippen LogP contribution in [0, 0.1) is 24.0 Å². The Morgan fingerprint density at radius 2 is 1.61 bits per heavy atom. The van der Waals surface area contributed by atoms with Crippen LogP contribution in [-0.4, -0.2) is 30.7 Å². The van der Waals surface area contributed by atoms with E-state index in [4.69, 9.17) is 0 Å². The molecule has 0 aliphatic carbocycles. The normalized spacial score (nSPS) is 10.5. The number of carbonyl (C=O) groups is 2. The Kier molecular flexibility index (Phi) is 6.15. The summed E-state index contributed by atoms with van der Waals surface area (Å²) < 4.78 is 0. The Hall–Kier alpha value is -4.00. The smallest absolute Gasteiger partial charge is 0.293 e. The van der Waals surface area contributed by atoms with Crippen LogP contribution in [0.5, 0.6) is 0 Å². The molecule has 0 saturated heterocycles. The monoisotopic (exact) mass is 417 g/mol. The number of hydrogen-bond donors (Lipinski definition) is 1. The average molecular weight is 417 g/mol. The molecule has 1 amide bonds. The van der Waals surface area contributed by atoms with Crippen molar-refractivity contribution < 1.29 is 14.5 Å². The summed E-state index contributed by atoms with van der Waals surface area (Å²) in [5.74, 6) is -0.878. The number of ketones is 1. The molecular formula is C24H23N3O4. The Labute approximate surface area is 180 Å². The zero-order valence-corrected chi connectivity index (χ0v) is 17.8. The number of hydrogen-bond acceptors (Lipinski definition) is 5. The first-order valence-corrected chi connectivity index (χ1v) is 9.67. The van der Waals surface area contributed by atoms with Crippen molar-refractivity contribution in [3.05, 3.63) is 98.6 Å². The number of aryl methyl sites for hydroxylation is 2. The predicted molar refractivity (Wildman–Crippen MR) is 121 cm³/mol. The first-order chi connectivity index (χ1) is 14.7. The maximum absolute atomic E-state index is 13.2. The maximum atomic E-state index is 13.2. The summed E-state index contributed by atoms with van der Waals surface area (Å²) in [6, 6.07) is 16.5. The summed E-state index contributed by atoms with van der Waals surface area (Å²) in [7, 11) is 3.38. The van der Waals surface area contributed by atoms with Gasteiger partial charge in [-0.3, -0.25) is 19.7 Å². The lowest BCUT2D eigenvalue weighted by atomic mass is 9.97. The van der Waals surface area contributed by atoms with Crippen LogP contribution in [0.25, 0.3) is 0 Å². The van der Waals surface area contributed by atoms with E-state index in [0.717, 1.165) is 11.1 Å². The molecule has 0 aromatic heterocycles. The Morgan fingerprint density at radius 1 is 0.935 bits per heavy atom. The Bertz CT molecular complexity index is 1190. The lowest BCUT2D eigenvalue weighted by Gasteiger charge is -2.14. The minimum Gasteiger partial charge on any atom is -0.372 e. The molecule has 0 unspecified atom stereocenters. The van der Waals surface area contributed by atoms with E-state index in [0.29, 0.717) is 11.4 Å². The number of nitrogens with one attached hydrogen (secondary N) is 1. The van der Waals surface area contributed by atoms with Crippen LogP contribution >= 0.6 is 0 Å². The second-order valence-electron chi connectivity index (χ2n) is 7.50. The number of amides is 1. The summed E-state index contributed by atoms with van der Waals surface area (Å²) in [5.41, 5.74) is 3.30. The fourth-order valence-electron chi connectivity index (χ4n) is 3.28. The van der Waals surface area contributed by atoms with Gasteiger partial charge in [0, 0.05) is 37.0 Å². The lowest BCUT2D eigenvalue weighted by Crippen LogP contribution is -2.18. The van der Waals surface area contributed by atoms with Gasteiger partial charge in [0.15, 0.2) is 5.78 Å². The van der Waals surface area contributed by atoms with Gasteiger partial charge in [0.1, 0.15) is 5.69 Å². The average Bonchev–Trinajstić information content (AvgIpc) is 2.75. The van der Waals surface area contributed by atoms with E-state index in [1.54, 1.807) is 43.3 Å². The maximum Gasteiger partial charge on any atom is 0.293 e. The molecule has 3 rings (SSSR count). The van der Waals surface area contributed by atoms with Gasteiger partial charge in [-0.05, 0) is 49.2 Å². The van der Waals surface area contributed by atoms with Crippen molar-refractivity contribution in [2.24, 2.45) is 0 Å². The van der Waals surface area contributed by atoms with E-state index in [-0.39, 0.29) is 22.4 Å². The highest BCUT2D eigenvalue weighted by atomic mass is 16.6. The molecule has 158 valence electrons.